The molecule has 1 amide bonds. The van der Waals surface area contributed by atoms with Crippen molar-refractivity contribution in [3.05, 3.63) is 42.0 Å². The lowest BCUT2D eigenvalue weighted by Gasteiger charge is -2.32. The molecule has 1 unspecified atom stereocenters. The van der Waals surface area contributed by atoms with E-state index in [9.17, 15) is 13.2 Å². The van der Waals surface area contributed by atoms with E-state index in [1.165, 1.54) is 16.4 Å². The molecule has 9 heteroatoms. The minimum absolute atomic E-state index is 0.0157. The van der Waals surface area contributed by atoms with Gasteiger partial charge in [0.2, 0.25) is 10.0 Å². The van der Waals surface area contributed by atoms with Crippen molar-refractivity contribution in [2.75, 3.05) is 26.2 Å². The summed E-state index contributed by atoms with van der Waals surface area (Å²) in [5.74, 6) is 0.766. The second kappa shape index (κ2) is 9.26. The van der Waals surface area contributed by atoms with E-state index in [-0.39, 0.29) is 22.8 Å². The molecule has 0 bridgehead atoms. The molecule has 1 fully saturated rings. The van der Waals surface area contributed by atoms with Crippen LogP contribution in [0.25, 0.3) is 0 Å². The van der Waals surface area contributed by atoms with E-state index in [4.69, 9.17) is 0 Å². The van der Waals surface area contributed by atoms with E-state index < -0.39 is 10.0 Å². The van der Waals surface area contributed by atoms with Crippen LogP contribution in [0.3, 0.4) is 0 Å². The maximum absolute atomic E-state index is 13.2. The second-order valence-electron chi connectivity index (χ2n) is 7.89. The number of benzene rings is 1. The summed E-state index contributed by atoms with van der Waals surface area (Å²) < 4.78 is 30.0. The van der Waals surface area contributed by atoms with E-state index in [1.54, 1.807) is 23.4 Å². The lowest BCUT2D eigenvalue weighted by molar-refractivity contribution is 0.0773. The number of carbonyl (C=O) groups excluding carboxylic acids is 1. The number of hydrogen-bond acceptors (Lipinski definition) is 5. The van der Waals surface area contributed by atoms with Crippen LogP contribution in [0.5, 0.6) is 0 Å². The van der Waals surface area contributed by atoms with Crippen molar-refractivity contribution in [1.82, 2.24) is 24.0 Å². The summed E-state index contributed by atoms with van der Waals surface area (Å²) in [5, 5.41) is 8.29. The first-order valence-corrected chi connectivity index (χ1v) is 12.0. The van der Waals surface area contributed by atoms with Gasteiger partial charge in [0.1, 0.15) is 12.2 Å². The molecule has 30 heavy (non-hydrogen) atoms. The quantitative estimate of drug-likeness (QED) is 0.670. The topological polar surface area (TPSA) is 88.4 Å². The standard InChI is InChI=1S/C21H31N5O3S/c1-5-24(6-2)21(27)17-9-11-19(12-10-17)30(28,29)25-13-7-8-18(14-25)20-23-22-15-26(20)16(3)4/h9-12,15-16,18H,5-8,13-14H2,1-4H3. The fourth-order valence-corrected chi connectivity index (χ4v) is 5.45. The Labute approximate surface area is 178 Å². The van der Waals surface area contributed by atoms with Crippen LogP contribution >= 0.6 is 0 Å². The summed E-state index contributed by atoms with van der Waals surface area (Å²) in [7, 11) is -3.64. The molecule has 1 saturated heterocycles. The second-order valence-corrected chi connectivity index (χ2v) is 9.83. The zero-order valence-corrected chi connectivity index (χ0v) is 19.0. The van der Waals surface area contributed by atoms with Crippen molar-refractivity contribution in [3.63, 3.8) is 0 Å². The fourth-order valence-electron chi connectivity index (χ4n) is 3.93. The van der Waals surface area contributed by atoms with Gasteiger partial charge in [-0.05, 0) is 64.8 Å². The van der Waals surface area contributed by atoms with Crippen LogP contribution in [0.1, 0.15) is 68.7 Å². The Morgan fingerprint density at radius 2 is 1.87 bits per heavy atom. The van der Waals surface area contributed by atoms with Crippen molar-refractivity contribution in [3.8, 4) is 0 Å². The highest BCUT2D eigenvalue weighted by Crippen LogP contribution is 2.30. The van der Waals surface area contributed by atoms with E-state index in [1.807, 2.05) is 18.4 Å². The molecule has 2 aromatic rings. The van der Waals surface area contributed by atoms with E-state index in [2.05, 4.69) is 24.0 Å². The summed E-state index contributed by atoms with van der Waals surface area (Å²) >= 11 is 0. The molecule has 1 aromatic heterocycles. The smallest absolute Gasteiger partial charge is 0.253 e. The normalized spacial score (nSPS) is 18.0. The largest absolute Gasteiger partial charge is 0.339 e. The summed E-state index contributed by atoms with van der Waals surface area (Å²) in [5.41, 5.74) is 0.499. The van der Waals surface area contributed by atoms with Crippen LogP contribution in [0.15, 0.2) is 35.5 Å². The number of piperidine rings is 1. The third-order valence-corrected chi connectivity index (χ3v) is 7.58. The molecule has 0 N–H and O–H groups in total. The highest BCUT2D eigenvalue weighted by Gasteiger charge is 2.33. The molecule has 1 aliphatic heterocycles. The molecule has 8 nitrogen and oxygen atoms in total. The first-order chi connectivity index (χ1) is 14.3. The third kappa shape index (κ3) is 4.41. The van der Waals surface area contributed by atoms with E-state index >= 15 is 0 Å². The molecule has 0 saturated carbocycles. The summed E-state index contributed by atoms with van der Waals surface area (Å²) in [6.45, 7) is 10.1. The predicted molar refractivity (Wildman–Crippen MR) is 115 cm³/mol. The Kier molecular flexibility index (Phi) is 6.92. The molecule has 0 radical (unpaired) electrons. The summed E-state index contributed by atoms with van der Waals surface area (Å²) in [6, 6.07) is 6.49. The Morgan fingerprint density at radius 1 is 1.20 bits per heavy atom. The summed E-state index contributed by atoms with van der Waals surface area (Å²) in [4.78, 5) is 14.4. The fraction of sp³-hybridized carbons (Fsp3) is 0.571. The average Bonchev–Trinajstić information content (AvgIpc) is 3.25. The van der Waals surface area contributed by atoms with Crippen LogP contribution in [0.2, 0.25) is 0 Å². The van der Waals surface area contributed by atoms with Crippen molar-refractivity contribution in [2.45, 2.75) is 57.4 Å². The SMILES string of the molecule is CCN(CC)C(=O)c1ccc(S(=O)(=O)N2CCCC(c3nncn3C(C)C)C2)cc1. The van der Waals surface area contributed by atoms with Gasteiger partial charge in [-0.15, -0.1) is 10.2 Å². The minimum atomic E-state index is -3.64. The van der Waals surface area contributed by atoms with Gasteiger partial charge in [-0.1, -0.05) is 0 Å². The lowest BCUT2D eigenvalue weighted by atomic mass is 9.98. The van der Waals surface area contributed by atoms with Crippen LogP contribution in [-0.4, -0.2) is 64.5 Å². The van der Waals surface area contributed by atoms with Gasteiger partial charge in [0.15, 0.2) is 0 Å². The molecule has 164 valence electrons. The van der Waals surface area contributed by atoms with E-state index in [0.29, 0.717) is 31.7 Å². The highest BCUT2D eigenvalue weighted by molar-refractivity contribution is 7.89. The molecule has 3 rings (SSSR count). The molecular formula is C21H31N5O3S. The number of amides is 1. The van der Waals surface area contributed by atoms with Gasteiger partial charge >= 0.3 is 0 Å². The Morgan fingerprint density at radius 3 is 2.47 bits per heavy atom. The number of carbonyl (C=O) groups is 1. The Balaban J connectivity index is 1.79. The van der Waals surface area contributed by atoms with Gasteiger partial charge in [0.25, 0.3) is 5.91 Å². The molecule has 0 spiro atoms. The zero-order valence-electron chi connectivity index (χ0n) is 18.2. The van der Waals surface area contributed by atoms with E-state index in [0.717, 1.165) is 18.7 Å². The van der Waals surface area contributed by atoms with Gasteiger partial charge in [-0.2, -0.15) is 4.31 Å². The van der Waals surface area contributed by atoms with Crippen molar-refractivity contribution in [1.29, 1.82) is 0 Å². The molecule has 2 heterocycles. The molecule has 1 atom stereocenters. The van der Waals surface area contributed by atoms with Gasteiger partial charge in [0, 0.05) is 43.7 Å². The van der Waals surface area contributed by atoms with Crippen LogP contribution in [0, 0.1) is 0 Å². The third-order valence-electron chi connectivity index (χ3n) is 5.70. The van der Waals surface area contributed by atoms with Gasteiger partial charge < -0.3 is 9.47 Å². The van der Waals surface area contributed by atoms with Crippen molar-refractivity contribution >= 4 is 15.9 Å². The minimum Gasteiger partial charge on any atom is -0.339 e. The van der Waals surface area contributed by atoms with Gasteiger partial charge in [0.05, 0.1) is 4.90 Å². The zero-order chi connectivity index (χ0) is 21.9. The van der Waals surface area contributed by atoms with Crippen LogP contribution in [-0.2, 0) is 10.0 Å². The maximum Gasteiger partial charge on any atom is 0.253 e. The van der Waals surface area contributed by atoms with Gasteiger partial charge in [-0.25, -0.2) is 8.42 Å². The summed E-state index contributed by atoms with van der Waals surface area (Å²) in [6.07, 6.45) is 3.36. The number of aromatic nitrogens is 3. The Hall–Kier alpha value is -2.26. The number of rotatable bonds is 7. The Bertz CT molecular complexity index is 965. The first kappa shape index (κ1) is 22.4. The van der Waals surface area contributed by atoms with Crippen LogP contribution < -0.4 is 0 Å². The predicted octanol–water partition coefficient (Wildman–Crippen LogP) is 2.91. The monoisotopic (exact) mass is 433 g/mol. The molecule has 0 aliphatic carbocycles. The maximum atomic E-state index is 13.2. The molecule has 1 aliphatic rings. The van der Waals surface area contributed by atoms with Gasteiger partial charge in [-0.3, -0.25) is 4.79 Å². The lowest BCUT2D eigenvalue weighted by Crippen LogP contribution is -2.39. The van der Waals surface area contributed by atoms with Crippen molar-refractivity contribution < 1.29 is 13.2 Å². The highest BCUT2D eigenvalue weighted by atomic mass is 32.2. The van der Waals surface area contributed by atoms with Crippen molar-refractivity contribution in [2.24, 2.45) is 0 Å². The number of nitrogens with zero attached hydrogens (tertiary/aromatic N) is 5. The number of hydrogen-bond donors (Lipinski definition) is 0. The number of sulfonamides is 1. The first-order valence-electron chi connectivity index (χ1n) is 10.6. The molecular weight excluding hydrogens is 402 g/mol. The van der Waals surface area contributed by atoms with Crippen LogP contribution in [0.4, 0.5) is 0 Å². The average molecular weight is 434 g/mol. The molecule has 1 aromatic carbocycles.